The molecule has 0 amide bonds. The number of carboxylic acid groups (broad SMARTS) is 1. The van der Waals surface area contributed by atoms with Crippen molar-refractivity contribution in [3.63, 3.8) is 0 Å². The fraction of sp³-hybridized carbons (Fsp3) is 0.0625. The van der Waals surface area contributed by atoms with Crippen LogP contribution in [0.25, 0.3) is 6.08 Å². The summed E-state index contributed by atoms with van der Waals surface area (Å²) in [5, 5.41) is 9.06. The third-order valence-electron chi connectivity index (χ3n) is 2.97. The average Bonchev–Trinajstić information content (AvgIpc) is 2.48. The Morgan fingerprint density at radius 1 is 1.10 bits per heavy atom. The molecule has 1 aliphatic heterocycles. The van der Waals surface area contributed by atoms with Crippen LogP contribution in [0, 0.1) is 0 Å². The van der Waals surface area contributed by atoms with E-state index in [1.807, 2.05) is 36.4 Å². The minimum atomic E-state index is -0.981. The highest BCUT2D eigenvalue weighted by atomic mass is 16.5. The highest BCUT2D eigenvalue weighted by molar-refractivity contribution is 5.94. The smallest absolute Gasteiger partial charge is 0.335 e. The molecule has 0 spiro atoms. The van der Waals surface area contributed by atoms with Gasteiger partial charge in [-0.15, -0.1) is 0 Å². The van der Waals surface area contributed by atoms with E-state index in [0.717, 1.165) is 0 Å². The second kappa shape index (κ2) is 5.09. The van der Waals surface area contributed by atoms with E-state index in [9.17, 15) is 4.79 Å². The van der Waals surface area contributed by atoms with Crippen molar-refractivity contribution in [2.45, 2.75) is 0 Å². The van der Waals surface area contributed by atoms with Gasteiger partial charge in [0.05, 0.1) is 11.1 Å². The summed E-state index contributed by atoms with van der Waals surface area (Å²) in [7, 11) is 0. The molecule has 2 aromatic carbocycles. The quantitative estimate of drug-likeness (QED) is 0.927. The van der Waals surface area contributed by atoms with E-state index in [-0.39, 0.29) is 12.2 Å². The summed E-state index contributed by atoms with van der Waals surface area (Å²) in [6.07, 6.45) is 1.60. The van der Waals surface area contributed by atoms with E-state index in [0.29, 0.717) is 22.8 Å². The molecule has 0 saturated heterocycles. The van der Waals surface area contributed by atoms with Gasteiger partial charge < -0.3 is 14.6 Å². The second-order valence-corrected chi connectivity index (χ2v) is 4.35. The van der Waals surface area contributed by atoms with Crippen LogP contribution in [0.5, 0.6) is 17.2 Å². The minimum absolute atomic E-state index is 0.0666. The second-order valence-electron chi connectivity index (χ2n) is 4.35. The van der Waals surface area contributed by atoms with Crippen molar-refractivity contribution in [1.82, 2.24) is 0 Å². The Labute approximate surface area is 115 Å². The van der Waals surface area contributed by atoms with Crippen LogP contribution in [0.1, 0.15) is 5.56 Å². The van der Waals surface area contributed by atoms with Gasteiger partial charge in [0, 0.05) is 0 Å². The maximum absolute atomic E-state index is 11.0. The van der Waals surface area contributed by atoms with Gasteiger partial charge in [0.15, 0.2) is 0 Å². The van der Waals surface area contributed by atoms with E-state index < -0.39 is 5.97 Å². The third kappa shape index (κ3) is 2.36. The van der Waals surface area contributed by atoms with Gasteiger partial charge in [0.25, 0.3) is 0 Å². The van der Waals surface area contributed by atoms with Gasteiger partial charge in [-0.1, -0.05) is 24.3 Å². The minimum Gasteiger partial charge on any atom is -0.488 e. The Balaban J connectivity index is 2.00. The summed E-state index contributed by atoms with van der Waals surface area (Å²) in [6.45, 7) is 0.0666. The monoisotopic (exact) mass is 268 g/mol. The van der Waals surface area contributed by atoms with E-state index in [1.54, 1.807) is 18.2 Å². The number of para-hydroxylation sites is 1. The Morgan fingerprint density at radius 3 is 2.65 bits per heavy atom. The molecule has 2 aromatic rings. The van der Waals surface area contributed by atoms with Crippen LogP contribution in [0.3, 0.4) is 0 Å². The van der Waals surface area contributed by atoms with Crippen molar-refractivity contribution in [2.75, 3.05) is 6.61 Å². The largest absolute Gasteiger partial charge is 0.488 e. The molecule has 100 valence electrons. The number of benzene rings is 2. The van der Waals surface area contributed by atoms with Gasteiger partial charge >= 0.3 is 5.97 Å². The van der Waals surface area contributed by atoms with Crippen LogP contribution in [0.15, 0.2) is 54.1 Å². The molecule has 0 bridgehead atoms. The lowest BCUT2D eigenvalue weighted by atomic mass is 10.1. The van der Waals surface area contributed by atoms with Crippen molar-refractivity contribution in [3.05, 3.63) is 59.7 Å². The number of carboxylic acids is 1. The number of hydrogen-bond donors (Lipinski definition) is 1. The Bertz CT molecular complexity index is 674. The van der Waals surface area contributed by atoms with Crippen molar-refractivity contribution in [3.8, 4) is 17.2 Å². The van der Waals surface area contributed by atoms with E-state index in [2.05, 4.69) is 0 Å². The molecule has 0 aromatic heterocycles. The van der Waals surface area contributed by atoms with Crippen LogP contribution in [-0.4, -0.2) is 17.7 Å². The number of rotatable bonds is 3. The molecule has 3 rings (SSSR count). The summed E-state index contributed by atoms with van der Waals surface area (Å²) < 4.78 is 11.2. The first-order valence-electron chi connectivity index (χ1n) is 6.16. The normalized spacial score (nSPS) is 12.9. The zero-order valence-electron chi connectivity index (χ0n) is 10.6. The summed E-state index contributed by atoms with van der Waals surface area (Å²) in [5.41, 5.74) is 0.863. The number of fused-ring (bicyclic) bond motifs is 1. The first-order valence-corrected chi connectivity index (χ1v) is 6.16. The van der Waals surface area contributed by atoms with Gasteiger partial charge in [0.1, 0.15) is 23.9 Å². The maximum atomic E-state index is 11.0. The molecule has 0 unspecified atom stereocenters. The molecule has 0 atom stereocenters. The van der Waals surface area contributed by atoms with Gasteiger partial charge in [0.2, 0.25) is 0 Å². The Kier molecular flexibility index (Phi) is 3.13. The van der Waals surface area contributed by atoms with Gasteiger partial charge in [-0.3, -0.25) is 0 Å². The van der Waals surface area contributed by atoms with Crippen LogP contribution in [0.2, 0.25) is 0 Å². The van der Waals surface area contributed by atoms with Crippen LogP contribution >= 0.6 is 0 Å². The van der Waals surface area contributed by atoms with E-state index in [1.165, 1.54) is 0 Å². The van der Waals surface area contributed by atoms with E-state index in [4.69, 9.17) is 14.6 Å². The first kappa shape index (κ1) is 12.3. The lowest BCUT2D eigenvalue weighted by Crippen LogP contribution is -2.14. The summed E-state index contributed by atoms with van der Waals surface area (Å²) in [5.74, 6) is 0.914. The molecular formula is C16H12O4. The number of ether oxygens (including phenoxy) is 2. The third-order valence-corrected chi connectivity index (χ3v) is 2.97. The lowest BCUT2D eigenvalue weighted by Gasteiger charge is -2.18. The maximum Gasteiger partial charge on any atom is 0.335 e. The molecule has 1 aliphatic rings. The van der Waals surface area contributed by atoms with Gasteiger partial charge in [-0.2, -0.15) is 0 Å². The highest BCUT2D eigenvalue weighted by Crippen LogP contribution is 2.36. The molecule has 0 radical (unpaired) electrons. The van der Waals surface area contributed by atoms with Crippen molar-refractivity contribution in [1.29, 1.82) is 0 Å². The van der Waals surface area contributed by atoms with Crippen LogP contribution < -0.4 is 9.47 Å². The molecular weight excluding hydrogens is 256 g/mol. The Morgan fingerprint density at radius 2 is 1.90 bits per heavy atom. The molecule has 20 heavy (non-hydrogen) atoms. The molecule has 0 saturated carbocycles. The fourth-order valence-corrected chi connectivity index (χ4v) is 1.99. The van der Waals surface area contributed by atoms with Crippen molar-refractivity contribution >= 4 is 12.0 Å². The van der Waals surface area contributed by atoms with Crippen molar-refractivity contribution in [2.24, 2.45) is 0 Å². The number of aliphatic carboxylic acids is 1. The molecule has 1 heterocycles. The number of hydrogen-bond acceptors (Lipinski definition) is 3. The zero-order valence-corrected chi connectivity index (χ0v) is 10.6. The molecule has 4 heteroatoms. The number of carbonyl (C=O) groups is 1. The average molecular weight is 268 g/mol. The fourth-order valence-electron chi connectivity index (χ4n) is 1.99. The summed E-state index contributed by atoms with van der Waals surface area (Å²) >= 11 is 0. The topological polar surface area (TPSA) is 55.8 Å². The van der Waals surface area contributed by atoms with Crippen LogP contribution in [-0.2, 0) is 4.79 Å². The SMILES string of the molecule is O=C(O)C1=Cc2c(cccc2Oc2ccccc2)OC1. The lowest BCUT2D eigenvalue weighted by molar-refractivity contribution is -0.132. The predicted octanol–water partition coefficient (Wildman–Crippen LogP) is 3.34. The standard InChI is InChI=1S/C16H12O4/c17-16(18)11-9-13-14(19-10-11)7-4-8-15(13)20-12-5-2-1-3-6-12/h1-9H,10H2,(H,17,18). The van der Waals surface area contributed by atoms with E-state index >= 15 is 0 Å². The highest BCUT2D eigenvalue weighted by Gasteiger charge is 2.19. The van der Waals surface area contributed by atoms with Gasteiger partial charge in [-0.25, -0.2) is 4.79 Å². The molecule has 0 fully saturated rings. The first-order chi connectivity index (χ1) is 9.74. The zero-order chi connectivity index (χ0) is 13.9. The molecule has 4 nitrogen and oxygen atoms in total. The Hall–Kier alpha value is -2.75. The summed E-state index contributed by atoms with van der Waals surface area (Å²) in [4.78, 5) is 11.0. The molecule has 1 N–H and O–H groups in total. The van der Waals surface area contributed by atoms with Crippen molar-refractivity contribution < 1.29 is 19.4 Å². The predicted molar refractivity (Wildman–Crippen MR) is 74.1 cm³/mol. The van der Waals surface area contributed by atoms with Gasteiger partial charge in [-0.05, 0) is 30.3 Å². The summed E-state index contributed by atoms with van der Waals surface area (Å²) in [6, 6.07) is 14.7. The molecule has 0 aliphatic carbocycles. The van der Waals surface area contributed by atoms with Crippen LogP contribution in [0.4, 0.5) is 0 Å².